The van der Waals surface area contributed by atoms with Gasteiger partial charge in [-0.1, -0.05) is 12.1 Å². The maximum absolute atomic E-state index is 12.1. The second kappa shape index (κ2) is 15.2. The number of azo groups is 1. The predicted octanol–water partition coefficient (Wildman–Crippen LogP) is 6.29. The molecule has 0 radical (unpaired) electrons. The monoisotopic (exact) mass is 739 g/mol. The van der Waals surface area contributed by atoms with Crippen LogP contribution in [0.5, 0.6) is 5.75 Å². The Morgan fingerprint density at radius 3 is 2.19 bits per heavy atom. The Morgan fingerprint density at radius 2 is 1.54 bits per heavy atom. The van der Waals surface area contributed by atoms with Gasteiger partial charge in [0.05, 0.1) is 10.6 Å². The molecule has 0 amide bonds. The van der Waals surface area contributed by atoms with Gasteiger partial charge in [0.2, 0.25) is 17.2 Å². The summed E-state index contributed by atoms with van der Waals surface area (Å²) < 4.78 is 79.2. The molecule has 0 aliphatic heterocycles. The van der Waals surface area contributed by atoms with Crippen molar-refractivity contribution in [2.45, 2.75) is 49.6 Å². The van der Waals surface area contributed by atoms with Gasteiger partial charge < -0.3 is 24.6 Å². The lowest BCUT2D eigenvalue weighted by Crippen LogP contribution is -2.39. The van der Waals surface area contributed by atoms with Crippen molar-refractivity contribution < 1.29 is 39.9 Å². The molecule has 0 aliphatic carbocycles. The maximum Gasteiger partial charge on any atom is 0.334 e. The summed E-state index contributed by atoms with van der Waals surface area (Å²) in [6.45, 7) is 8.98. The lowest BCUT2D eigenvalue weighted by atomic mass is 10.1. The molecule has 5 N–H and O–H groups in total. The Hall–Kier alpha value is -3.82. The highest BCUT2D eigenvalue weighted by atomic mass is 35.5. The lowest BCUT2D eigenvalue weighted by molar-refractivity contribution is 0.188. The number of aromatic nitrogens is 3. The van der Waals surface area contributed by atoms with Crippen molar-refractivity contribution >= 4 is 80.1 Å². The van der Waals surface area contributed by atoms with E-state index in [0.29, 0.717) is 37.8 Å². The van der Waals surface area contributed by atoms with Crippen LogP contribution in [0, 0.1) is 6.92 Å². The number of nitrogens with one attached hydrogen (secondary N) is 2. The number of hydrogen-bond acceptors (Lipinski definition) is 14. The molecule has 16 nitrogen and oxygen atoms in total. The maximum atomic E-state index is 12.1. The van der Waals surface area contributed by atoms with Crippen molar-refractivity contribution in [2.75, 3.05) is 30.4 Å². The molecule has 0 saturated carbocycles. The fraction of sp³-hybridized carbons (Fsp3) is 0.321. The fourth-order valence-electron chi connectivity index (χ4n) is 4.77. The van der Waals surface area contributed by atoms with Gasteiger partial charge in [0.15, 0.2) is 5.75 Å². The van der Waals surface area contributed by atoms with Crippen LogP contribution >= 0.6 is 11.6 Å². The molecule has 0 fully saturated rings. The fourth-order valence-corrected chi connectivity index (χ4v) is 8.59. The Morgan fingerprint density at radius 1 is 0.896 bits per heavy atom. The summed E-state index contributed by atoms with van der Waals surface area (Å²) in [5.74, 6) is -0.510. The Balaban J connectivity index is 1.69. The summed E-state index contributed by atoms with van der Waals surface area (Å²) in [6, 6.07) is 9.69. The third-order valence-electron chi connectivity index (χ3n) is 6.84. The van der Waals surface area contributed by atoms with E-state index < -0.39 is 44.3 Å². The predicted molar refractivity (Wildman–Crippen MR) is 182 cm³/mol. The number of phenolic OH excluding ortho intramolecular Hbond substituents is 1. The minimum atomic E-state index is -4.71. The molecule has 0 saturated heterocycles. The highest BCUT2D eigenvalue weighted by Crippen LogP contribution is 2.42. The van der Waals surface area contributed by atoms with E-state index in [9.17, 15) is 31.0 Å². The molecule has 20 heteroatoms. The minimum Gasteiger partial charge on any atom is -0.505 e. The number of rotatable bonds is 15. The Bertz CT molecular complexity index is 2060. The quantitative estimate of drug-likeness (QED) is 0.0390. The zero-order chi connectivity index (χ0) is 35.3. The molecule has 0 bridgehead atoms. The molecular formula is C28H34ClN7O9S2Si. The van der Waals surface area contributed by atoms with Crippen LogP contribution < -0.4 is 10.6 Å². The lowest BCUT2D eigenvalue weighted by Gasteiger charge is -2.25. The van der Waals surface area contributed by atoms with E-state index in [2.05, 4.69) is 35.8 Å². The number of hydrogen-bond donors (Lipinski definition) is 5. The minimum absolute atomic E-state index is 0.0277. The number of halogens is 1. The normalized spacial score (nSPS) is 12.6. The standard InChI is InChI=1S/C28H34ClN7O9S2Si/c1-5-44-48(4,45-6-2)13-7-12-30-27-32-26(29)33-28(34-27)31-22-16-19(46(38,39)40)15-18-9-11-21(25(37)24(18)22)36-35-20-10-8-17(3)14-23(20)47(41,42)43/h8-11,14-16,37H,5-7,12-13H2,1-4H3,(H,38,39,40)(H,41,42,43)(H2,30,31,32,33,34). The van der Waals surface area contributed by atoms with Gasteiger partial charge in [0.25, 0.3) is 20.2 Å². The zero-order valence-corrected chi connectivity index (χ0v) is 29.7. The summed E-state index contributed by atoms with van der Waals surface area (Å²) in [5.41, 5.74) is 0.153. The molecule has 3 aromatic carbocycles. The van der Waals surface area contributed by atoms with Crippen molar-refractivity contribution in [3.8, 4) is 5.75 Å². The Kier molecular flexibility index (Phi) is 11.7. The van der Waals surface area contributed by atoms with Gasteiger partial charge in [-0.05, 0) is 92.7 Å². The second-order valence-corrected chi connectivity index (χ2v) is 17.0. The van der Waals surface area contributed by atoms with Crippen LogP contribution in [0.15, 0.2) is 62.5 Å². The van der Waals surface area contributed by atoms with E-state index in [4.69, 9.17) is 20.5 Å². The summed E-state index contributed by atoms with van der Waals surface area (Å²) in [6.07, 6.45) is 0.676. The van der Waals surface area contributed by atoms with Gasteiger partial charge in [0.1, 0.15) is 16.3 Å². The molecule has 48 heavy (non-hydrogen) atoms. The van der Waals surface area contributed by atoms with Crippen LogP contribution in [0.1, 0.15) is 25.8 Å². The van der Waals surface area contributed by atoms with Gasteiger partial charge in [-0.25, -0.2) is 0 Å². The number of aryl methyl sites for hydroxylation is 1. The van der Waals surface area contributed by atoms with E-state index in [-0.39, 0.29) is 45.0 Å². The van der Waals surface area contributed by atoms with E-state index in [1.54, 1.807) is 13.0 Å². The first-order valence-corrected chi connectivity index (χ1v) is 20.3. The number of anilines is 3. The molecule has 4 aromatic rings. The van der Waals surface area contributed by atoms with E-state index >= 15 is 0 Å². The van der Waals surface area contributed by atoms with Crippen LogP contribution in [-0.4, -0.2) is 74.3 Å². The second-order valence-electron chi connectivity index (χ2n) is 10.5. The van der Waals surface area contributed by atoms with Crippen LogP contribution in [0.25, 0.3) is 10.8 Å². The number of phenols is 1. The molecular weight excluding hydrogens is 706 g/mol. The molecule has 258 valence electrons. The van der Waals surface area contributed by atoms with Crippen molar-refractivity contribution in [3.63, 3.8) is 0 Å². The Labute approximate surface area is 283 Å². The van der Waals surface area contributed by atoms with Crippen LogP contribution in [-0.2, 0) is 29.1 Å². The molecule has 0 unspecified atom stereocenters. The van der Waals surface area contributed by atoms with Crippen molar-refractivity contribution in [1.29, 1.82) is 0 Å². The highest BCUT2D eigenvalue weighted by Gasteiger charge is 2.30. The average Bonchev–Trinajstić information content (AvgIpc) is 2.98. The molecule has 4 rings (SSSR count). The van der Waals surface area contributed by atoms with Crippen LogP contribution in [0.3, 0.4) is 0 Å². The van der Waals surface area contributed by atoms with Gasteiger partial charge in [-0.3, -0.25) is 9.11 Å². The average molecular weight is 740 g/mol. The van der Waals surface area contributed by atoms with E-state index in [0.717, 1.165) is 12.1 Å². The smallest absolute Gasteiger partial charge is 0.334 e. The third kappa shape index (κ3) is 9.41. The van der Waals surface area contributed by atoms with Crippen LogP contribution in [0.4, 0.5) is 29.0 Å². The first-order chi connectivity index (χ1) is 22.5. The summed E-state index contributed by atoms with van der Waals surface area (Å²) in [7, 11) is -11.7. The molecule has 1 aromatic heterocycles. The van der Waals surface area contributed by atoms with Crippen LogP contribution in [0.2, 0.25) is 17.9 Å². The number of aromatic hydroxyl groups is 1. The van der Waals surface area contributed by atoms with Gasteiger partial charge in [0, 0.05) is 25.1 Å². The summed E-state index contributed by atoms with van der Waals surface area (Å²) >= 11 is 6.17. The molecule has 0 spiro atoms. The number of benzene rings is 3. The van der Waals surface area contributed by atoms with Gasteiger partial charge >= 0.3 is 8.56 Å². The van der Waals surface area contributed by atoms with E-state index in [1.807, 2.05) is 20.4 Å². The number of fused-ring (bicyclic) bond motifs is 1. The first kappa shape index (κ1) is 37.0. The third-order valence-corrected chi connectivity index (χ3v) is 11.8. The zero-order valence-electron chi connectivity index (χ0n) is 26.3. The SMILES string of the molecule is CCO[Si](C)(CCCNc1nc(Cl)nc(Nc2cc(S(=O)(=O)O)cc3ccc(N=Nc4ccc(C)cc4S(=O)(=O)O)c(O)c23)n1)OCC. The van der Waals surface area contributed by atoms with Crippen molar-refractivity contribution in [3.05, 3.63) is 53.3 Å². The summed E-state index contributed by atoms with van der Waals surface area (Å²) in [5, 5.41) is 25.0. The van der Waals surface area contributed by atoms with Gasteiger partial charge in [-0.2, -0.15) is 31.8 Å². The van der Waals surface area contributed by atoms with Crippen molar-refractivity contribution in [1.82, 2.24) is 15.0 Å². The largest absolute Gasteiger partial charge is 0.505 e. The van der Waals surface area contributed by atoms with E-state index in [1.165, 1.54) is 24.3 Å². The highest BCUT2D eigenvalue weighted by molar-refractivity contribution is 7.86. The van der Waals surface area contributed by atoms with Gasteiger partial charge in [-0.15, -0.1) is 10.2 Å². The number of nitrogens with zero attached hydrogens (tertiary/aromatic N) is 5. The topological polar surface area (TPSA) is 235 Å². The molecule has 0 atom stereocenters. The molecule has 1 heterocycles. The van der Waals surface area contributed by atoms with Crippen molar-refractivity contribution in [2.24, 2.45) is 10.2 Å². The molecule has 0 aliphatic rings. The summed E-state index contributed by atoms with van der Waals surface area (Å²) in [4.78, 5) is 11.5. The first-order valence-electron chi connectivity index (χ1n) is 14.5.